The van der Waals surface area contributed by atoms with E-state index >= 15 is 0 Å². The third-order valence-corrected chi connectivity index (χ3v) is 6.20. The third-order valence-electron chi connectivity index (χ3n) is 6.20. The van der Waals surface area contributed by atoms with Gasteiger partial charge in [-0.05, 0) is 69.8 Å². The summed E-state index contributed by atoms with van der Waals surface area (Å²) >= 11 is 0. The van der Waals surface area contributed by atoms with Crippen molar-refractivity contribution >= 4 is 16.6 Å². The maximum Gasteiger partial charge on any atom is 0.265 e. The molecule has 2 aromatic carbocycles. The van der Waals surface area contributed by atoms with Gasteiger partial charge < -0.3 is 14.5 Å². The molecular weight excluding hydrogens is 388 g/mol. The average molecular weight is 421 g/mol. The Hall–Kier alpha value is -2.86. The van der Waals surface area contributed by atoms with Gasteiger partial charge in [-0.25, -0.2) is 4.98 Å². The van der Waals surface area contributed by atoms with Gasteiger partial charge in [0.2, 0.25) is 0 Å². The number of anilines is 1. The second kappa shape index (κ2) is 9.10. The van der Waals surface area contributed by atoms with Gasteiger partial charge in [-0.2, -0.15) is 0 Å². The zero-order valence-corrected chi connectivity index (χ0v) is 19.0. The number of nitrogens with zero attached hydrogens (tertiary/aromatic N) is 4. The number of unbranched alkanes of at least 4 members (excludes halogenated alkanes) is 1. The second-order valence-electron chi connectivity index (χ2n) is 8.62. The smallest absolute Gasteiger partial charge is 0.265 e. The fourth-order valence-electron chi connectivity index (χ4n) is 4.20. The molecule has 0 saturated carbocycles. The molecule has 31 heavy (non-hydrogen) atoms. The normalized spacial score (nSPS) is 16.4. The van der Waals surface area contributed by atoms with Crippen LogP contribution in [0, 0.1) is 6.92 Å². The van der Waals surface area contributed by atoms with Crippen molar-refractivity contribution in [3.05, 3.63) is 58.6 Å². The van der Waals surface area contributed by atoms with Crippen LogP contribution < -0.4 is 15.2 Å². The van der Waals surface area contributed by atoms with E-state index in [9.17, 15) is 4.79 Å². The van der Waals surface area contributed by atoms with Crippen LogP contribution in [0.1, 0.15) is 31.7 Å². The van der Waals surface area contributed by atoms with Crippen molar-refractivity contribution in [1.29, 1.82) is 0 Å². The number of benzene rings is 2. The highest BCUT2D eigenvalue weighted by atomic mass is 16.5. The summed E-state index contributed by atoms with van der Waals surface area (Å²) in [6.45, 7) is 6.96. The van der Waals surface area contributed by atoms with Gasteiger partial charge in [0.25, 0.3) is 5.56 Å². The Labute approximate surface area is 184 Å². The molecule has 0 amide bonds. The SMILES string of the molecule is CCCCOc1ccc2c(=O)n(-c3ccc(N4CCC(N(C)C)C4)cc3C)cnc2c1. The van der Waals surface area contributed by atoms with Gasteiger partial charge >= 0.3 is 0 Å². The predicted octanol–water partition coefficient (Wildman–Crippen LogP) is 4.01. The van der Waals surface area contributed by atoms with Crippen molar-refractivity contribution in [3.8, 4) is 11.4 Å². The van der Waals surface area contributed by atoms with E-state index in [1.54, 1.807) is 10.9 Å². The lowest BCUT2D eigenvalue weighted by molar-refractivity contribution is 0.310. The van der Waals surface area contributed by atoms with Gasteiger partial charge in [0.15, 0.2) is 0 Å². The van der Waals surface area contributed by atoms with E-state index in [1.807, 2.05) is 24.3 Å². The van der Waals surface area contributed by atoms with Gasteiger partial charge in [0.05, 0.1) is 23.2 Å². The van der Waals surface area contributed by atoms with Gasteiger partial charge in [0.1, 0.15) is 12.1 Å². The van der Waals surface area contributed by atoms with E-state index < -0.39 is 0 Å². The highest BCUT2D eigenvalue weighted by Gasteiger charge is 2.24. The second-order valence-corrected chi connectivity index (χ2v) is 8.62. The molecule has 0 spiro atoms. The number of rotatable bonds is 7. The topological polar surface area (TPSA) is 50.6 Å². The van der Waals surface area contributed by atoms with Crippen molar-refractivity contribution in [2.45, 2.75) is 39.2 Å². The molecule has 1 fully saturated rings. The summed E-state index contributed by atoms with van der Waals surface area (Å²) in [6, 6.07) is 12.4. The highest BCUT2D eigenvalue weighted by molar-refractivity contribution is 5.79. The van der Waals surface area contributed by atoms with Gasteiger partial charge in [0, 0.05) is 30.9 Å². The first-order valence-electron chi connectivity index (χ1n) is 11.1. The summed E-state index contributed by atoms with van der Waals surface area (Å²) in [7, 11) is 4.28. The van der Waals surface area contributed by atoms with Crippen LogP contribution in [0.4, 0.5) is 5.69 Å². The van der Waals surface area contributed by atoms with Gasteiger partial charge in [-0.3, -0.25) is 9.36 Å². The van der Waals surface area contributed by atoms with Crippen LogP contribution in [0.15, 0.2) is 47.5 Å². The summed E-state index contributed by atoms with van der Waals surface area (Å²) < 4.78 is 7.40. The quantitative estimate of drug-likeness (QED) is 0.541. The van der Waals surface area contributed by atoms with Crippen molar-refractivity contribution in [3.63, 3.8) is 0 Å². The largest absolute Gasteiger partial charge is 0.494 e. The minimum absolute atomic E-state index is 0.0604. The number of hydrogen-bond acceptors (Lipinski definition) is 5. The standard InChI is InChI=1S/C25H32N4O2/c1-5-6-13-31-21-8-9-22-23(15-21)26-17-29(25(22)30)24-10-7-19(14-18(24)2)28-12-11-20(16-28)27(3)4/h7-10,14-15,17,20H,5-6,11-13,16H2,1-4H3. The van der Waals surface area contributed by atoms with Crippen LogP contribution in [-0.2, 0) is 0 Å². The first kappa shape index (κ1) is 21.4. The molecule has 164 valence electrons. The monoisotopic (exact) mass is 420 g/mol. The molecule has 0 radical (unpaired) electrons. The Morgan fingerprint density at radius 1 is 1.19 bits per heavy atom. The Bertz CT molecular complexity index is 1120. The minimum Gasteiger partial charge on any atom is -0.494 e. The molecule has 0 bridgehead atoms. The molecular formula is C25H32N4O2. The molecule has 1 saturated heterocycles. The van der Waals surface area contributed by atoms with Gasteiger partial charge in [-0.15, -0.1) is 0 Å². The maximum absolute atomic E-state index is 13.2. The first-order valence-corrected chi connectivity index (χ1v) is 11.1. The van der Waals surface area contributed by atoms with Crippen molar-refractivity contribution < 1.29 is 4.74 Å². The fourth-order valence-corrected chi connectivity index (χ4v) is 4.20. The zero-order chi connectivity index (χ0) is 22.0. The van der Waals surface area contributed by atoms with Gasteiger partial charge in [-0.1, -0.05) is 13.3 Å². The number of hydrogen-bond donors (Lipinski definition) is 0. The molecule has 1 aliphatic heterocycles. The molecule has 0 N–H and O–H groups in total. The van der Waals surface area contributed by atoms with Crippen LogP contribution >= 0.6 is 0 Å². The minimum atomic E-state index is -0.0604. The van der Waals surface area contributed by atoms with Crippen LogP contribution in [0.5, 0.6) is 5.75 Å². The maximum atomic E-state index is 13.2. The van der Waals surface area contributed by atoms with Crippen LogP contribution in [0.2, 0.25) is 0 Å². The van der Waals surface area contributed by atoms with E-state index in [2.05, 4.69) is 54.9 Å². The van der Waals surface area contributed by atoms with E-state index in [-0.39, 0.29) is 5.56 Å². The number of ether oxygens (including phenoxy) is 1. The lowest BCUT2D eigenvalue weighted by Crippen LogP contribution is -2.31. The number of aromatic nitrogens is 2. The predicted molar refractivity (Wildman–Crippen MR) is 127 cm³/mol. The first-order chi connectivity index (χ1) is 15.0. The van der Waals surface area contributed by atoms with Crippen molar-refractivity contribution in [1.82, 2.24) is 14.5 Å². The molecule has 2 heterocycles. The molecule has 4 rings (SSSR count). The number of likely N-dealkylation sites (N-methyl/N-ethyl adjacent to an activating group) is 1. The summed E-state index contributed by atoms with van der Waals surface area (Å²) in [5.74, 6) is 0.757. The summed E-state index contributed by atoms with van der Waals surface area (Å²) in [4.78, 5) is 22.4. The van der Waals surface area contributed by atoms with E-state index in [1.165, 1.54) is 12.1 Å². The highest BCUT2D eigenvalue weighted by Crippen LogP contribution is 2.26. The summed E-state index contributed by atoms with van der Waals surface area (Å²) in [6.07, 6.45) is 4.89. The van der Waals surface area contributed by atoms with Crippen molar-refractivity contribution in [2.75, 3.05) is 38.7 Å². The molecule has 1 atom stereocenters. The molecule has 6 heteroatoms. The fraction of sp³-hybridized carbons (Fsp3) is 0.440. The number of aryl methyl sites for hydroxylation is 1. The third kappa shape index (κ3) is 4.44. The molecule has 1 unspecified atom stereocenters. The Balaban J connectivity index is 1.60. The molecule has 1 aromatic heterocycles. The Morgan fingerprint density at radius 3 is 2.74 bits per heavy atom. The lowest BCUT2D eigenvalue weighted by atomic mass is 10.1. The van der Waals surface area contributed by atoms with Crippen LogP contribution in [0.25, 0.3) is 16.6 Å². The molecule has 0 aliphatic carbocycles. The summed E-state index contributed by atoms with van der Waals surface area (Å²) in [5, 5.41) is 0.599. The Morgan fingerprint density at radius 2 is 2.03 bits per heavy atom. The lowest BCUT2D eigenvalue weighted by Gasteiger charge is -2.22. The number of fused-ring (bicyclic) bond motifs is 1. The van der Waals surface area contributed by atoms with E-state index in [4.69, 9.17) is 4.74 Å². The van der Waals surface area contributed by atoms with Crippen LogP contribution in [-0.4, -0.2) is 54.3 Å². The molecule has 3 aromatic rings. The van der Waals surface area contributed by atoms with E-state index in [0.717, 1.165) is 42.9 Å². The molecule has 6 nitrogen and oxygen atoms in total. The summed E-state index contributed by atoms with van der Waals surface area (Å²) in [5.41, 5.74) is 3.75. The van der Waals surface area contributed by atoms with E-state index in [0.29, 0.717) is 23.6 Å². The zero-order valence-electron chi connectivity index (χ0n) is 19.0. The van der Waals surface area contributed by atoms with Crippen LogP contribution in [0.3, 0.4) is 0 Å². The average Bonchev–Trinajstić information content (AvgIpc) is 3.25. The Kier molecular flexibility index (Phi) is 6.28. The van der Waals surface area contributed by atoms with Crippen molar-refractivity contribution in [2.24, 2.45) is 0 Å². The molecule has 1 aliphatic rings.